The van der Waals surface area contributed by atoms with Crippen LogP contribution in [0.25, 0.3) is 6.08 Å². The summed E-state index contributed by atoms with van der Waals surface area (Å²) in [5, 5.41) is 0. The second-order valence-electron chi connectivity index (χ2n) is 4.75. The summed E-state index contributed by atoms with van der Waals surface area (Å²) in [7, 11) is 1.98. The minimum Gasteiger partial charge on any atom is -0.339 e. The molecule has 0 spiro atoms. The standard InChI is InChI=1S/C16H21NS/c1-11(2)16(17(6)14(5)18)10-15-8-7-12(3)9-13(15)4/h7-10H,1H2,2-6H3/b16-10-. The molecule has 0 aromatic heterocycles. The predicted octanol–water partition coefficient (Wildman–Crippen LogP) is 4.50. The molecular formula is C16H21NS. The van der Waals surface area contributed by atoms with E-state index in [0.717, 1.165) is 16.3 Å². The van der Waals surface area contributed by atoms with E-state index >= 15 is 0 Å². The van der Waals surface area contributed by atoms with Crippen LogP contribution >= 0.6 is 12.2 Å². The van der Waals surface area contributed by atoms with Gasteiger partial charge in [0.25, 0.3) is 0 Å². The highest BCUT2D eigenvalue weighted by molar-refractivity contribution is 7.80. The first kappa shape index (κ1) is 14.7. The van der Waals surface area contributed by atoms with Crippen LogP contribution in [-0.4, -0.2) is 16.9 Å². The zero-order valence-electron chi connectivity index (χ0n) is 11.9. The van der Waals surface area contributed by atoms with Crippen molar-refractivity contribution in [3.05, 3.63) is 52.7 Å². The largest absolute Gasteiger partial charge is 0.339 e. The first-order valence-electron chi connectivity index (χ1n) is 6.02. The van der Waals surface area contributed by atoms with E-state index in [1.54, 1.807) is 0 Å². The average molecular weight is 259 g/mol. The molecule has 1 rings (SSSR count). The van der Waals surface area contributed by atoms with Crippen LogP contribution in [0, 0.1) is 13.8 Å². The van der Waals surface area contributed by atoms with Crippen molar-refractivity contribution in [1.82, 2.24) is 4.90 Å². The van der Waals surface area contributed by atoms with Gasteiger partial charge in [0.15, 0.2) is 0 Å². The number of thiocarbonyl (C=S) groups is 1. The fourth-order valence-electron chi connectivity index (χ4n) is 1.81. The van der Waals surface area contributed by atoms with Crippen LogP contribution in [0.15, 0.2) is 36.0 Å². The van der Waals surface area contributed by atoms with E-state index in [2.05, 4.69) is 44.7 Å². The monoisotopic (exact) mass is 259 g/mol. The van der Waals surface area contributed by atoms with Crippen LogP contribution in [0.3, 0.4) is 0 Å². The van der Waals surface area contributed by atoms with Gasteiger partial charge in [0, 0.05) is 12.7 Å². The fraction of sp³-hybridized carbons (Fsp3) is 0.312. The Morgan fingerprint density at radius 3 is 2.33 bits per heavy atom. The van der Waals surface area contributed by atoms with Crippen molar-refractivity contribution in [2.45, 2.75) is 27.7 Å². The van der Waals surface area contributed by atoms with Gasteiger partial charge in [-0.05, 0) is 50.5 Å². The van der Waals surface area contributed by atoms with Gasteiger partial charge in [-0.25, -0.2) is 0 Å². The van der Waals surface area contributed by atoms with Gasteiger partial charge in [-0.2, -0.15) is 0 Å². The summed E-state index contributed by atoms with van der Waals surface area (Å²) in [4.78, 5) is 2.84. The Morgan fingerprint density at radius 1 is 1.28 bits per heavy atom. The van der Waals surface area contributed by atoms with Gasteiger partial charge in [-0.3, -0.25) is 0 Å². The van der Waals surface area contributed by atoms with Crippen molar-refractivity contribution in [2.24, 2.45) is 0 Å². The minimum atomic E-state index is 0.842. The average Bonchev–Trinajstić information content (AvgIpc) is 2.26. The molecule has 0 saturated carbocycles. The molecule has 2 heteroatoms. The van der Waals surface area contributed by atoms with Crippen LogP contribution < -0.4 is 0 Å². The second kappa shape index (κ2) is 5.96. The summed E-state index contributed by atoms with van der Waals surface area (Å²) in [5.41, 5.74) is 5.84. The van der Waals surface area contributed by atoms with Crippen molar-refractivity contribution in [3.63, 3.8) is 0 Å². The Labute approximate surface area is 116 Å². The maximum atomic E-state index is 5.23. The van der Waals surface area contributed by atoms with E-state index in [-0.39, 0.29) is 0 Å². The summed E-state index contributed by atoms with van der Waals surface area (Å²) in [6.07, 6.45) is 2.15. The lowest BCUT2D eigenvalue weighted by molar-refractivity contribution is 0.651. The molecule has 0 radical (unpaired) electrons. The number of rotatable bonds is 3. The lowest BCUT2D eigenvalue weighted by atomic mass is 10.0. The van der Waals surface area contributed by atoms with Crippen molar-refractivity contribution < 1.29 is 0 Å². The third-order valence-corrected chi connectivity index (χ3v) is 3.26. The molecule has 0 N–H and O–H groups in total. The Kier molecular flexibility index (Phi) is 4.85. The molecule has 0 heterocycles. The third kappa shape index (κ3) is 3.54. The fourth-order valence-corrected chi connectivity index (χ4v) is 1.91. The van der Waals surface area contributed by atoms with Gasteiger partial charge < -0.3 is 4.90 Å². The molecule has 1 aromatic rings. The number of allylic oxidation sites excluding steroid dienone is 1. The Hall–Kier alpha value is -1.41. The lowest BCUT2D eigenvalue weighted by Gasteiger charge is -2.22. The maximum Gasteiger partial charge on any atom is 0.0789 e. The number of aryl methyl sites for hydroxylation is 2. The molecule has 1 nitrogen and oxygen atoms in total. The molecule has 0 fully saturated rings. The number of likely N-dealkylation sites (N-methyl/N-ethyl adjacent to an activating group) is 1. The lowest BCUT2D eigenvalue weighted by Crippen LogP contribution is -2.22. The molecule has 0 aliphatic heterocycles. The SMILES string of the molecule is C=C(C)/C(=C/c1ccc(C)cc1C)N(C)C(C)=S. The number of hydrogen-bond acceptors (Lipinski definition) is 1. The smallest absolute Gasteiger partial charge is 0.0789 e. The molecular weight excluding hydrogens is 238 g/mol. The maximum absolute atomic E-state index is 5.23. The molecule has 1 aromatic carbocycles. The van der Waals surface area contributed by atoms with Gasteiger partial charge in [-0.15, -0.1) is 0 Å². The van der Waals surface area contributed by atoms with Crippen molar-refractivity contribution in [1.29, 1.82) is 0 Å². The highest BCUT2D eigenvalue weighted by atomic mass is 32.1. The molecule has 0 unspecified atom stereocenters. The van der Waals surface area contributed by atoms with E-state index < -0.39 is 0 Å². The third-order valence-electron chi connectivity index (χ3n) is 2.99. The minimum absolute atomic E-state index is 0.842. The molecule has 0 atom stereocenters. The second-order valence-corrected chi connectivity index (χ2v) is 5.34. The number of nitrogens with zero attached hydrogens (tertiary/aromatic N) is 1. The summed E-state index contributed by atoms with van der Waals surface area (Å²) in [6.45, 7) is 12.2. The summed E-state index contributed by atoms with van der Waals surface area (Å²) in [6, 6.07) is 6.45. The van der Waals surface area contributed by atoms with E-state index in [0.29, 0.717) is 0 Å². The van der Waals surface area contributed by atoms with Crippen LogP contribution in [0.5, 0.6) is 0 Å². The molecule has 0 bridgehead atoms. The van der Waals surface area contributed by atoms with Crippen LogP contribution in [0.1, 0.15) is 30.5 Å². The summed E-state index contributed by atoms with van der Waals surface area (Å²) >= 11 is 5.23. The first-order valence-corrected chi connectivity index (χ1v) is 6.43. The highest BCUT2D eigenvalue weighted by Gasteiger charge is 2.08. The molecule has 0 aliphatic carbocycles. The van der Waals surface area contributed by atoms with Gasteiger partial charge in [0.2, 0.25) is 0 Å². The van der Waals surface area contributed by atoms with Crippen molar-refractivity contribution in [3.8, 4) is 0 Å². The summed E-state index contributed by atoms with van der Waals surface area (Å²) in [5.74, 6) is 0. The Morgan fingerprint density at radius 2 is 1.89 bits per heavy atom. The van der Waals surface area contributed by atoms with Gasteiger partial charge in [-0.1, -0.05) is 42.6 Å². The Balaban J connectivity index is 3.24. The first-order chi connectivity index (χ1) is 8.32. The molecule has 0 amide bonds. The zero-order chi connectivity index (χ0) is 13.9. The van der Waals surface area contributed by atoms with Crippen molar-refractivity contribution >= 4 is 23.3 Å². The normalized spacial score (nSPS) is 11.3. The van der Waals surface area contributed by atoms with Crippen LogP contribution in [0.2, 0.25) is 0 Å². The van der Waals surface area contributed by atoms with E-state index in [9.17, 15) is 0 Å². The topological polar surface area (TPSA) is 3.24 Å². The zero-order valence-corrected chi connectivity index (χ0v) is 12.7. The van der Waals surface area contributed by atoms with Crippen molar-refractivity contribution in [2.75, 3.05) is 7.05 Å². The van der Waals surface area contributed by atoms with E-state index in [1.807, 2.05) is 25.8 Å². The van der Waals surface area contributed by atoms with E-state index in [4.69, 9.17) is 12.2 Å². The molecule has 96 valence electrons. The summed E-state index contributed by atoms with van der Waals surface area (Å²) < 4.78 is 0. The number of hydrogen-bond donors (Lipinski definition) is 0. The van der Waals surface area contributed by atoms with E-state index in [1.165, 1.54) is 16.7 Å². The molecule has 18 heavy (non-hydrogen) atoms. The Bertz CT molecular complexity index is 512. The van der Waals surface area contributed by atoms with Gasteiger partial charge in [0.1, 0.15) is 0 Å². The molecule has 0 saturated heterocycles. The quantitative estimate of drug-likeness (QED) is 0.581. The predicted molar refractivity (Wildman–Crippen MR) is 84.7 cm³/mol. The van der Waals surface area contributed by atoms with Gasteiger partial charge in [0.05, 0.1) is 4.99 Å². The van der Waals surface area contributed by atoms with Gasteiger partial charge >= 0.3 is 0 Å². The molecule has 0 aliphatic rings. The van der Waals surface area contributed by atoms with Crippen LogP contribution in [-0.2, 0) is 0 Å². The highest BCUT2D eigenvalue weighted by Crippen LogP contribution is 2.20. The van der Waals surface area contributed by atoms with Crippen LogP contribution in [0.4, 0.5) is 0 Å². The number of benzene rings is 1.